The molecule has 118 valence electrons. The van der Waals surface area contributed by atoms with Crippen molar-refractivity contribution >= 4 is 17.5 Å². The molecule has 1 aliphatic heterocycles. The lowest BCUT2D eigenvalue weighted by Gasteiger charge is -2.19. The molecule has 0 bridgehead atoms. The molecule has 0 spiro atoms. The number of hydrogen-bond donors (Lipinski definition) is 0. The largest absolute Gasteiger partial charge is 0.497 e. The minimum atomic E-state index is -0.459. The zero-order valence-corrected chi connectivity index (χ0v) is 13.0. The molecule has 2 amide bonds. The number of methoxy groups -OCH3 is 2. The van der Waals surface area contributed by atoms with Crippen LogP contribution in [0.4, 0.5) is 5.69 Å². The molecule has 5 nitrogen and oxygen atoms in total. The van der Waals surface area contributed by atoms with Crippen molar-refractivity contribution in [1.29, 1.82) is 0 Å². The summed E-state index contributed by atoms with van der Waals surface area (Å²) >= 11 is 0. The molecule has 1 fully saturated rings. The number of anilines is 1. The standard InChI is InChI=1S/C18H17NO4/c1-22-13-8-9-16(23-2)15(10-13)19-17(20)11-14(18(19)21)12-6-4-3-5-7-12/h3-10,14H,11H2,1-2H3. The van der Waals surface area contributed by atoms with Gasteiger partial charge in [0.05, 0.1) is 25.8 Å². The Kier molecular flexibility index (Phi) is 4.02. The Morgan fingerprint density at radius 1 is 1.00 bits per heavy atom. The minimum absolute atomic E-state index is 0.156. The predicted molar refractivity (Wildman–Crippen MR) is 85.8 cm³/mol. The van der Waals surface area contributed by atoms with Crippen LogP contribution in [0.5, 0.6) is 11.5 Å². The third-order valence-electron chi connectivity index (χ3n) is 3.98. The van der Waals surface area contributed by atoms with E-state index in [1.165, 1.54) is 19.1 Å². The van der Waals surface area contributed by atoms with Crippen molar-refractivity contribution < 1.29 is 19.1 Å². The third-order valence-corrected chi connectivity index (χ3v) is 3.98. The average molecular weight is 311 g/mol. The van der Waals surface area contributed by atoms with Gasteiger partial charge in [0, 0.05) is 12.5 Å². The first-order valence-corrected chi connectivity index (χ1v) is 7.29. The van der Waals surface area contributed by atoms with E-state index in [0.29, 0.717) is 17.2 Å². The van der Waals surface area contributed by atoms with E-state index in [4.69, 9.17) is 9.47 Å². The van der Waals surface area contributed by atoms with Crippen LogP contribution in [0.3, 0.4) is 0 Å². The third kappa shape index (κ3) is 2.65. The van der Waals surface area contributed by atoms with Crippen molar-refractivity contribution in [2.45, 2.75) is 12.3 Å². The smallest absolute Gasteiger partial charge is 0.241 e. The Morgan fingerprint density at radius 2 is 1.74 bits per heavy atom. The first-order valence-electron chi connectivity index (χ1n) is 7.29. The summed E-state index contributed by atoms with van der Waals surface area (Å²) in [7, 11) is 3.04. The minimum Gasteiger partial charge on any atom is -0.497 e. The highest BCUT2D eigenvalue weighted by Gasteiger charge is 2.41. The number of benzene rings is 2. The van der Waals surface area contributed by atoms with Crippen LogP contribution < -0.4 is 14.4 Å². The summed E-state index contributed by atoms with van der Waals surface area (Å²) in [6.07, 6.45) is 0.156. The van der Waals surface area contributed by atoms with Gasteiger partial charge in [-0.2, -0.15) is 0 Å². The van der Waals surface area contributed by atoms with Gasteiger partial charge in [0.1, 0.15) is 11.5 Å². The monoisotopic (exact) mass is 311 g/mol. The van der Waals surface area contributed by atoms with Crippen LogP contribution in [0, 0.1) is 0 Å². The number of carbonyl (C=O) groups excluding carboxylic acids is 2. The van der Waals surface area contributed by atoms with Crippen molar-refractivity contribution in [3.8, 4) is 11.5 Å². The number of amides is 2. The fourth-order valence-corrected chi connectivity index (χ4v) is 2.80. The topological polar surface area (TPSA) is 55.8 Å². The number of imide groups is 1. The van der Waals surface area contributed by atoms with E-state index in [-0.39, 0.29) is 18.2 Å². The molecule has 2 aromatic carbocycles. The van der Waals surface area contributed by atoms with Crippen LogP contribution >= 0.6 is 0 Å². The summed E-state index contributed by atoms with van der Waals surface area (Å²) < 4.78 is 10.5. The summed E-state index contributed by atoms with van der Waals surface area (Å²) in [5.74, 6) is 0.0774. The molecule has 1 heterocycles. The lowest BCUT2D eigenvalue weighted by atomic mass is 9.98. The number of rotatable bonds is 4. The molecule has 2 aromatic rings. The van der Waals surface area contributed by atoms with Crippen molar-refractivity contribution in [2.75, 3.05) is 19.1 Å². The van der Waals surface area contributed by atoms with Gasteiger partial charge in [0.2, 0.25) is 11.8 Å². The maximum atomic E-state index is 12.8. The highest BCUT2D eigenvalue weighted by Crippen LogP contribution is 2.39. The quantitative estimate of drug-likeness (QED) is 0.815. The molecule has 3 rings (SSSR count). The van der Waals surface area contributed by atoms with Crippen molar-refractivity contribution in [1.82, 2.24) is 0 Å². The van der Waals surface area contributed by atoms with Gasteiger partial charge in [-0.1, -0.05) is 30.3 Å². The van der Waals surface area contributed by atoms with E-state index in [2.05, 4.69) is 0 Å². The van der Waals surface area contributed by atoms with Crippen LogP contribution in [0.15, 0.2) is 48.5 Å². The second-order valence-electron chi connectivity index (χ2n) is 5.27. The zero-order valence-electron chi connectivity index (χ0n) is 13.0. The average Bonchev–Trinajstić information content (AvgIpc) is 2.89. The SMILES string of the molecule is COc1ccc(OC)c(N2C(=O)CC(c3ccccc3)C2=O)c1. The maximum Gasteiger partial charge on any atom is 0.241 e. The first-order chi connectivity index (χ1) is 11.2. The van der Waals surface area contributed by atoms with Gasteiger partial charge >= 0.3 is 0 Å². The van der Waals surface area contributed by atoms with Crippen LogP contribution in [0.25, 0.3) is 0 Å². The Hall–Kier alpha value is -2.82. The molecule has 0 saturated carbocycles. The first kappa shape index (κ1) is 15.1. The van der Waals surface area contributed by atoms with E-state index in [1.54, 1.807) is 18.2 Å². The fourth-order valence-electron chi connectivity index (χ4n) is 2.80. The van der Waals surface area contributed by atoms with Crippen molar-refractivity contribution in [2.24, 2.45) is 0 Å². The Labute approximate surface area is 134 Å². The molecule has 1 atom stereocenters. The molecule has 5 heteroatoms. The summed E-state index contributed by atoms with van der Waals surface area (Å²) in [5, 5.41) is 0. The number of nitrogens with zero attached hydrogens (tertiary/aromatic N) is 1. The van der Waals surface area contributed by atoms with Crippen molar-refractivity contribution in [3.05, 3.63) is 54.1 Å². The van der Waals surface area contributed by atoms with E-state index in [9.17, 15) is 9.59 Å². The van der Waals surface area contributed by atoms with Gasteiger partial charge < -0.3 is 9.47 Å². The molecule has 0 aromatic heterocycles. The van der Waals surface area contributed by atoms with E-state index in [0.717, 1.165) is 5.56 Å². The Morgan fingerprint density at radius 3 is 2.39 bits per heavy atom. The van der Waals surface area contributed by atoms with Gasteiger partial charge in [-0.25, -0.2) is 4.90 Å². The highest BCUT2D eigenvalue weighted by atomic mass is 16.5. The molecule has 0 aliphatic carbocycles. The summed E-state index contributed by atoms with van der Waals surface area (Å²) in [5.41, 5.74) is 1.26. The van der Waals surface area contributed by atoms with E-state index >= 15 is 0 Å². The van der Waals surface area contributed by atoms with Gasteiger partial charge in [0.25, 0.3) is 0 Å². The molecule has 1 saturated heterocycles. The lowest BCUT2D eigenvalue weighted by Crippen LogP contribution is -2.30. The highest BCUT2D eigenvalue weighted by molar-refractivity contribution is 6.23. The molecule has 0 radical (unpaired) electrons. The van der Waals surface area contributed by atoms with E-state index in [1.807, 2.05) is 30.3 Å². The number of carbonyl (C=O) groups is 2. The Bertz CT molecular complexity index is 742. The summed E-state index contributed by atoms with van der Waals surface area (Å²) in [6.45, 7) is 0. The van der Waals surface area contributed by atoms with E-state index < -0.39 is 5.92 Å². The summed E-state index contributed by atoms with van der Waals surface area (Å²) in [6, 6.07) is 14.4. The molecule has 23 heavy (non-hydrogen) atoms. The predicted octanol–water partition coefficient (Wildman–Crippen LogP) is 2.75. The normalized spacial score (nSPS) is 17.5. The van der Waals surface area contributed by atoms with Crippen LogP contribution in [0.1, 0.15) is 17.9 Å². The molecule has 1 aliphatic rings. The zero-order chi connectivity index (χ0) is 16.4. The van der Waals surface area contributed by atoms with Crippen molar-refractivity contribution in [3.63, 3.8) is 0 Å². The summed E-state index contributed by atoms with van der Waals surface area (Å²) in [4.78, 5) is 26.4. The molecular weight excluding hydrogens is 294 g/mol. The van der Waals surface area contributed by atoms with Crippen LogP contribution in [-0.2, 0) is 9.59 Å². The van der Waals surface area contributed by atoms with Gasteiger partial charge in [-0.3, -0.25) is 9.59 Å². The van der Waals surface area contributed by atoms with Gasteiger partial charge in [0.15, 0.2) is 0 Å². The second-order valence-corrected chi connectivity index (χ2v) is 5.27. The van der Waals surface area contributed by atoms with Gasteiger partial charge in [-0.05, 0) is 17.7 Å². The number of ether oxygens (including phenoxy) is 2. The number of hydrogen-bond acceptors (Lipinski definition) is 4. The molecule has 0 N–H and O–H groups in total. The lowest BCUT2D eigenvalue weighted by molar-refractivity contribution is -0.121. The van der Waals surface area contributed by atoms with Crippen LogP contribution in [-0.4, -0.2) is 26.0 Å². The molecular formula is C18H17NO4. The fraction of sp³-hybridized carbons (Fsp3) is 0.222. The second kappa shape index (κ2) is 6.12. The van der Waals surface area contributed by atoms with Gasteiger partial charge in [-0.15, -0.1) is 0 Å². The molecule has 1 unspecified atom stereocenters. The maximum absolute atomic E-state index is 12.8. The Balaban J connectivity index is 2.01. The van der Waals surface area contributed by atoms with Crippen LogP contribution in [0.2, 0.25) is 0 Å².